The van der Waals surface area contributed by atoms with Crippen LogP contribution in [0, 0.1) is 3.95 Å². The Bertz CT molecular complexity index is 948. The van der Waals surface area contributed by atoms with Crippen molar-refractivity contribution in [3.05, 3.63) is 64.1 Å². The second kappa shape index (κ2) is 8.62. The SMILES string of the molecule is CC(C)c1ccccc1NC(=O)CSc1nn(-c2ccccc2)c(=S)s1. The van der Waals surface area contributed by atoms with Crippen LogP contribution in [0.5, 0.6) is 0 Å². The molecule has 0 aliphatic heterocycles. The quantitative estimate of drug-likeness (QED) is 0.436. The van der Waals surface area contributed by atoms with Crippen molar-refractivity contribution in [1.82, 2.24) is 9.78 Å². The fourth-order valence-corrected chi connectivity index (χ4v) is 4.64. The van der Waals surface area contributed by atoms with Gasteiger partial charge >= 0.3 is 0 Å². The molecular formula is C19H19N3OS3. The van der Waals surface area contributed by atoms with Gasteiger partial charge in [0.2, 0.25) is 5.91 Å². The second-order valence-electron chi connectivity index (χ2n) is 5.96. The molecule has 4 nitrogen and oxygen atoms in total. The van der Waals surface area contributed by atoms with Crippen molar-refractivity contribution in [3.8, 4) is 5.69 Å². The summed E-state index contributed by atoms with van der Waals surface area (Å²) in [7, 11) is 0. The molecule has 0 fully saturated rings. The van der Waals surface area contributed by atoms with E-state index in [0.717, 1.165) is 21.3 Å². The number of amides is 1. The molecule has 134 valence electrons. The molecule has 7 heteroatoms. The fraction of sp³-hybridized carbons (Fsp3) is 0.211. The van der Waals surface area contributed by atoms with Gasteiger partial charge in [0.25, 0.3) is 0 Å². The molecular weight excluding hydrogens is 382 g/mol. The molecule has 0 aliphatic rings. The van der Waals surface area contributed by atoms with Crippen LogP contribution in [0.2, 0.25) is 0 Å². The van der Waals surface area contributed by atoms with Gasteiger partial charge in [-0.3, -0.25) is 4.79 Å². The molecule has 1 heterocycles. The first-order chi connectivity index (χ1) is 12.5. The van der Waals surface area contributed by atoms with Crippen molar-refractivity contribution in [2.75, 3.05) is 11.1 Å². The maximum atomic E-state index is 12.3. The zero-order valence-electron chi connectivity index (χ0n) is 14.5. The van der Waals surface area contributed by atoms with Gasteiger partial charge in [-0.2, -0.15) is 0 Å². The highest BCUT2D eigenvalue weighted by Gasteiger charge is 2.12. The maximum absolute atomic E-state index is 12.3. The van der Waals surface area contributed by atoms with E-state index < -0.39 is 0 Å². The Labute approximate surface area is 166 Å². The second-order valence-corrected chi connectivity index (χ2v) is 8.81. The van der Waals surface area contributed by atoms with E-state index >= 15 is 0 Å². The third kappa shape index (κ3) is 4.60. The number of nitrogens with zero attached hydrogens (tertiary/aromatic N) is 2. The topological polar surface area (TPSA) is 46.9 Å². The monoisotopic (exact) mass is 401 g/mol. The summed E-state index contributed by atoms with van der Waals surface area (Å²) in [4.78, 5) is 12.3. The molecule has 0 saturated carbocycles. The lowest BCUT2D eigenvalue weighted by molar-refractivity contribution is -0.113. The van der Waals surface area contributed by atoms with Gasteiger partial charge < -0.3 is 5.32 Å². The minimum atomic E-state index is -0.0459. The number of thioether (sulfide) groups is 1. The van der Waals surface area contributed by atoms with E-state index in [4.69, 9.17) is 12.2 Å². The molecule has 0 aliphatic carbocycles. The van der Waals surface area contributed by atoms with E-state index in [1.165, 1.54) is 23.1 Å². The summed E-state index contributed by atoms with van der Waals surface area (Å²) in [5.41, 5.74) is 2.93. The number of hydrogen-bond donors (Lipinski definition) is 1. The molecule has 0 unspecified atom stereocenters. The number of benzene rings is 2. The molecule has 1 amide bonds. The molecule has 2 aromatic carbocycles. The van der Waals surface area contributed by atoms with Crippen LogP contribution in [0.25, 0.3) is 5.69 Å². The molecule has 26 heavy (non-hydrogen) atoms. The molecule has 0 spiro atoms. The lowest BCUT2D eigenvalue weighted by Gasteiger charge is -2.13. The van der Waals surface area contributed by atoms with Crippen molar-refractivity contribution in [1.29, 1.82) is 0 Å². The third-order valence-electron chi connectivity index (χ3n) is 3.71. The Morgan fingerprint density at radius 3 is 2.62 bits per heavy atom. The van der Waals surface area contributed by atoms with Gasteiger partial charge in [-0.05, 0) is 41.9 Å². The molecule has 3 aromatic rings. The molecule has 3 rings (SSSR count). The van der Waals surface area contributed by atoms with Gasteiger partial charge in [0, 0.05) is 5.69 Å². The smallest absolute Gasteiger partial charge is 0.234 e. The highest BCUT2D eigenvalue weighted by atomic mass is 32.2. The van der Waals surface area contributed by atoms with Gasteiger partial charge in [0.15, 0.2) is 8.29 Å². The predicted octanol–water partition coefficient (Wildman–Crippen LogP) is 5.52. The highest BCUT2D eigenvalue weighted by Crippen LogP contribution is 2.26. The van der Waals surface area contributed by atoms with Gasteiger partial charge in [-0.1, -0.05) is 73.3 Å². The maximum Gasteiger partial charge on any atom is 0.234 e. The number of carbonyl (C=O) groups excluding carboxylic acids is 1. The van der Waals surface area contributed by atoms with E-state index in [9.17, 15) is 4.79 Å². The van der Waals surface area contributed by atoms with Crippen LogP contribution in [-0.2, 0) is 4.79 Å². The largest absolute Gasteiger partial charge is 0.325 e. The number of aromatic nitrogens is 2. The number of carbonyl (C=O) groups is 1. The predicted molar refractivity (Wildman–Crippen MR) is 112 cm³/mol. The van der Waals surface area contributed by atoms with Crippen molar-refractivity contribution >= 4 is 46.9 Å². The average Bonchev–Trinajstić information content (AvgIpc) is 3.02. The summed E-state index contributed by atoms with van der Waals surface area (Å²) in [5.74, 6) is 0.602. The van der Waals surface area contributed by atoms with Crippen molar-refractivity contribution in [3.63, 3.8) is 0 Å². The van der Waals surface area contributed by atoms with E-state index in [0.29, 0.717) is 15.6 Å². The molecule has 0 radical (unpaired) electrons. The van der Waals surface area contributed by atoms with Crippen LogP contribution in [-0.4, -0.2) is 21.4 Å². The van der Waals surface area contributed by atoms with Crippen LogP contribution in [0.15, 0.2) is 58.9 Å². The fourth-order valence-electron chi connectivity index (χ4n) is 2.48. The van der Waals surface area contributed by atoms with Gasteiger partial charge in [0.05, 0.1) is 11.4 Å². The first-order valence-electron chi connectivity index (χ1n) is 8.22. The van der Waals surface area contributed by atoms with Crippen LogP contribution < -0.4 is 5.32 Å². The molecule has 0 atom stereocenters. The first kappa shape index (κ1) is 18.8. The Morgan fingerprint density at radius 1 is 1.19 bits per heavy atom. The van der Waals surface area contributed by atoms with E-state index in [-0.39, 0.29) is 5.91 Å². The number of para-hydroxylation sites is 2. The van der Waals surface area contributed by atoms with E-state index in [1.807, 2.05) is 54.6 Å². The summed E-state index contributed by atoms with van der Waals surface area (Å²) >= 11 is 8.21. The minimum Gasteiger partial charge on any atom is -0.325 e. The van der Waals surface area contributed by atoms with Crippen LogP contribution in [0.4, 0.5) is 5.69 Å². The zero-order valence-corrected chi connectivity index (χ0v) is 17.0. The van der Waals surface area contributed by atoms with Crippen LogP contribution >= 0.6 is 35.3 Å². The van der Waals surface area contributed by atoms with Gasteiger partial charge in [-0.25, -0.2) is 4.68 Å². The lowest BCUT2D eigenvalue weighted by atomic mass is 10.0. The Balaban J connectivity index is 1.65. The average molecular weight is 402 g/mol. The Hall–Kier alpha value is -1.96. The van der Waals surface area contributed by atoms with E-state index in [1.54, 1.807) is 4.68 Å². The molecule has 0 bridgehead atoms. The normalized spacial score (nSPS) is 10.9. The summed E-state index contributed by atoms with van der Waals surface area (Å²) in [6.45, 7) is 4.23. The Kier molecular flexibility index (Phi) is 6.24. The summed E-state index contributed by atoms with van der Waals surface area (Å²) in [6.07, 6.45) is 0. The number of hydrogen-bond acceptors (Lipinski definition) is 5. The van der Waals surface area contributed by atoms with Crippen LogP contribution in [0.1, 0.15) is 25.3 Å². The Morgan fingerprint density at radius 2 is 1.88 bits per heavy atom. The molecule has 1 aromatic heterocycles. The van der Waals surface area contributed by atoms with Crippen molar-refractivity contribution < 1.29 is 4.79 Å². The zero-order chi connectivity index (χ0) is 18.5. The van der Waals surface area contributed by atoms with Crippen molar-refractivity contribution in [2.24, 2.45) is 0 Å². The van der Waals surface area contributed by atoms with Crippen LogP contribution in [0.3, 0.4) is 0 Å². The van der Waals surface area contributed by atoms with Gasteiger partial charge in [-0.15, -0.1) is 5.10 Å². The summed E-state index contributed by atoms with van der Waals surface area (Å²) in [5, 5.41) is 7.52. The first-order valence-corrected chi connectivity index (χ1v) is 10.4. The summed E-state index contributed by atoms with van der Waals surface area (Å²) in [6, 6.07) is 17.7. The van der Waals surface area contributed by atoms with Crippen molar-refractivity contribution in [2.45, 2.75) is 24.1 Å². The van der Waals surface area contributed by atoms with E-state index in [2.05, 4.69) is 24.3 Å². The number of anilines is 1. The minimum absolute atomic E-state index is 0.0459. The lowest BCUT2D eigenvalue weighted by Crippen LogP contribution is -2.15. The number of nitrogens with one attached hydrogen (secondary N) is 1. The standard InChI is InChI=1S/C19H19N3OS3/c1-13(2)15-10-6-7-11-16(15)20-17(23)12-25-18-21-22(19(24)26-18)14-8-4-3-5-9-14/h3-11,13H,12H2,1-2H3,(H,20,23). The molecule has 0 saturated heterocycles. The highest BCUT2D eigenvalue weighted by molar-refractivity contribution is 8.01. The van der Waals surface area contributed by atoms with Gasteiger partial charge in [0.1, 0.15) is 0 Å². The third-order valence-corrected chi connectivity index (χ3v) is 6.08. The summed E-state index contributed by atoms with van der Waals surface area (Å²) < 4.78 is 3.18. The molecule has 1 N–H and O–H groups in total. The number of rotatable bonds is 6.